The molecule has 0 saturated carbocycles. The van der Waals surface area contributed by atoms with Gasteiger partial charge in [-0.1, -0.05) is 0 Å². The minimum atomic E-state index is -0.213. The zero-order valence-electron chi connectivity index (χ0n) is 13.6. The number of methoxy groups -OCH3 is 1. The number of ether oxygens (including phenoxy) is 1. The second kappa shape index (κ2) is 7.29. The predicted octanol–water partition coefficient (Wildman–Crippen LogP) is 1.91. The van der Waals surface area contributed by atoms with Crippen molar-refractivity contribution >= 4 is 0 Å². The SMILES string of the molecule is COc1ccc(-c2cnc(CN[C@H](CO)c3cnn(C)c3)o2)cc1. The maximum atomic E-state index is 9.54. The number of rotatable bonds is 7. The van der Waals surface area contributed by atoms with E-state index in [1.54, 1.807) is 24.2 Å². The topological polar surface area (TPSA) is 85.3 Å². The number of nitrogens with one attached hydrogen (secondary N) is 1. The van der Waals surface area contributed by atoms with Crippen LogP contribution < -0.4 is 10.1 Å². The third kappa shape index (κ3) is 3.64. The number of aryl methyl sites for hydroxylation is 1. The Hall–Kier alpha value is -2.64. The van der Waals surface area contributed by atoms with Crippen LogP contribution in [0.4, 0.5) is 0 Å². The predicted molar refractivity (Wildman–Crippen MR) is 88.4 cm³/mol. The smallest absolute Gasteiger partial charge is 0.208 e. The van der Waals surface area contributed by atoms with E-state index in [0.29, 0.717) is 18.2 Å². The average Bonchev–Trinajstić information content (AvgIpc) is 3.25. The number of benzene rings is 1. The van der Waals surface area contributed by atoms with Crippen molar-refractivity contribution in [1.29, 1.82) is 0 Å². The van der Waals surface area contributed by atoms with E-state index >= 15 is 0 Å². The number of aromatic nitrogens is 3. The molecule has 0 aliphatic carbocycles. The van der Waals surface area contributed by atoms with Gasteiger partial charge in [0.05, 0.1) is 38.7 Å². The first kappa shape index (κ1) is 16.2. The Labute approximate surface area is 139 Å². The van der Waals surface area contributed by atoms with Crippen LogP contribution in [0.15, 0.2) is 47.3 Å². The van der Waals surface area contributed by atoms with Gasteiger partial charge in [-0.2, -0.15) is 5.10 Å². The summed E-state index contributed by atoms with van der Waals surface area (Å²) in [6.07, 6.45) is 5.29. The lowest BCUT2D eigenvalue weighted by Gasteiger charge is -2.12. The summed E-state index contributed by atoms with van der Waals surface area (Å²) >= 11 is 0. The second-order valence-corrected chi connectivity index (χ2v) is 5.41. The highest BCUT2D eigenvalue weighted by Crippen LogP contribution is 2.23. The summed E-state index contributed by atoms with van der Waals surface area (Å²) in [7, 11) is 3.47. The zero-order valence-corrected chi connectivity index (χ0v) is 13.6. The van der Waals surface area contributed by atoms with Crippen LogP contribution in [0.25, 0.3) is 11.3 Å². The molecule has 0 unspecified atom stereocenters. The maximum absolute atomic E-state index is 9.54. The lowest BCUT2D eigenvalue weighted by molar-refractivity contribution is 0.240. The second-order valence-electron chi connectivity index (χ2n) is 5.41. The van der Waals surface area contributed by atoms with E-state index in [9.17, 15) is 5.11 Å². The summed E-state index contributed by atoms with van der Waals surface area (Å²) < 4.78 is 12.6. The van der Waals surface area contributed by atoms with Crippen LogP contribution in [0, 0.1) is 0 Å². The third-order valence-electron chi connectivity index (χ3n) is 3.74. The van der Waals surface area contributed by atoms with Gasteiger partial charge in [-0.05, 0) is 24.3 Å². The summed E-state index contributed by atoms with van der Waals surface area (Å²) in [5, 5.41) is 16.9. The molecule has 0 radical (unpaired) electrons. The Morgan fingerprint density at radius 1 is 1.29 bits per heavy atom. The Morgan fingerprint density at radius 2 is 2.08 bits per heavy atom. The van der Waals surface area contributed by atoms with Gasteiger partial charge in [-0.15, -0.1) is 0 Å². The fraction of sp³-hybridized carbons (Fsp3) is 0.294. The molecule has 0 saturated heterocycles. The van der Waals surface area contributed by atoms with Crippen molar-refractivity contribution in [2.75, 3.05) is 13.7 Å². The summed E-state index contributed by atoms with van der Waals surface area (Å²) in [6.45, 7) is 0.383. The van der Waals surface area contributed by atoms with Gasteiger partial charge in [0.1, 0.15) is 5.75 Å². The quantitative estimate of drug-likeness (QED) is 0.689. The van der Waals surface area contributed by atoms with E-state index < -0.39 is 0 Å². The van der Waals surface area contributed by atoms with E-state index in [4.69, 9.17) is 9.15 Å². The number of oxazole rings is 1. The Morgan fingerprint density at radius 3 is 2.71 bits per heavy atom. The van der Waals surface area contributed by atoms with Gasteiger partial charge in [0, 0.05) is 24.4 Å². The molecule has 3 rings (SSSR count). The van der Waals surface area contributed by atoms with Gasteiger partial charge < -0.3 is 14.3 Å². The van der Waals surface area contributed by atoms with Gasteiger partial charge in [0.2, 0.25) is 5.89 Å². The maximum Gasteiger partial charge on any atom is 0.208 e. The molecule has 0 aliphatic rings. The fourth-order valence-corrected chi connectivity index (χ4v) is 2.40. The number of nitrogens with zero attached hydrogens (tertiary/aromatic N) is 3. The molecule has 0 fully saturated rings. The first-order chi connectivity index (χ1) is 11.7. The first-order valence-corrected chi connectivity index (χ1v) is 7.61. The van der Waals surface area contributed by atoms with Crippen LogP contribution >= 0.6 is 0 Å². The Balaban J connectivity index is 1.64. The summed E-state index contributed by atoms with van der Waals surface area (Å²) in [4.78, 5) is 4.28. The minimum absolute atomic E-state index is 0.0300. The molecule has 7 heteroatoms. The van der Waals surface area contributed by atoms with Crippen molar-refractivity contribution in [3.8, 4) is 17.1 Å². The van der Waals surface area contributed by atoms with Crippen LogP contribution in [0.2, 0.25) is 0 Å². The lowest BCUT2D eigenvalue weighted by Crippen LogP contribution is -2.23. The Kier molecular flexibility index (Phi) is 4.93. The van der Waals surface area contributed by atoms with Crippen molar-refractivity contribution in [3.05, 3.63) is 54.3 Å². The molecule has 2 aromatic heterocycles. The molecule has 3 aromatic rings. The molecule has 1 aromatic carbocycles. The highest BCUT2D eigenvalue weighted by Gasteiger charge is 2.13. The van der Waals surface area contributed by atoms with E-state index in [-0.39, 0.29) is 12.6 Å². The van der Waals surface area contributed by atoms with E-state index in [2.05, 4.69) is 15.4 Å². The Bertz CT molecular complexity index is 779. The van der Waals surface area contributed by atoms with Crippen LogP contribution in [-0.2, 0) is 13.6 Å². The van der Waals surface area contributed by atoms with Crippen LogP contribution in [0.3, 0.4) is 0 Å². The highest BCUT2D eigenvalue weighted by atomic mass is 16.5. The van der Waals surface area contributed by atoms with Gasteiger partial charge in [-0.25, -0.2) is 4.98 Å². The summed E-state index contributed by atoms with van der Waals surface area (Å²) in [6, 6.07) is 7.38. The van der Waals surface area contributed by atoms with E-state index in [1.807, 2.05) is 37.5 Å². The van der Waals surface area contributed by atoms with Gasteiger partial charge in [0.25, 0.3) is 0 Å². The van der Waals surface area contributed by atoms with E-state index in [1.165, 1.54) is 0 Å². The van der Waals surface area contributed by atoms with E-state index in [0.717, 1.165) is 16.9 Å². The van der Waals surface area contributed by atoms with Crippen LogP contribution in [0.5, 0.6) is 5.75 Å². The van der Waals surface area contributed by atoms with Crippen LogP contribution in [-0.4, -0.2) is 33.6 Å². The zero-order chi connectivity index (χ0) is 16.9. The number of aliphatic hydroxyl groups excluding tert-OH is 1. The highest BCUT2D eigenvalue weighted by molar-refractivity contribution is 5.57. The van der Waals surface area contributed by atoms with Gasteiger partial charge in [0.15, 0.2) is 5.76 Å². The molecule has 7 nitrogen and oxygen atoms in total. The van der Waals surface area contributed by atoms with Crippen LogP contribution in [0.1, 0.15) is 17.5 Å². The number of hydrogen-bond donors (Lipinski definition) is 2. The summed E-state index contributed by atoms with van der Waals surface area (Å²) in [5.74, 6) is 2.04. The molecule has 0 spiro atoms. The standard InChI is InChI=1S/C17H20N4O3/c1-21-10-13(7-20-21)15(11-22)18-9-17-19-8-16(24-17)12-3-5-14(23-2)6-4-12/h3-8,10,15,18,22H,9,11H2,1-2H3/t15-/m1/s1. The minimum Gasteiger partial charge on any atom is -0.497 e. The first-order valence-electron chi connectivity index (χ1n) is 7.61. The molecule has 2 heterocycles. The van der Waals surface area contributed by atoms with Gasteiger partial charge in [-0.3, -0.25) is 10.00 Å². The number of aliphatic hydroxyl groups is 1. The van der Waals surface area contributed by atoms with Crippen molar-refractivity contribution in [3.63, 3.8) is 0 Å². The monoisotopic (exact) mass is 328 g/mol. The van der Waals surface area contributed by atoms with Crippen molar-refractivity contribution in [2.45, 2.75) is 12.6 Å². The molecule has 2 N–H and O–H groups in total. The van der Waals surface area contributed by atoms with Gasteiger partial charge >= 0.3 is 0 Å². The molecule has 24 heavy (non-hydrogen) atoms. The van der Waals surface area contributed by atoms with Crippen molar-refractivity contribution < 1.29 is 14.3 Å². The number of hydrogen-bond acceptors (Lipinski definition) is 6. The molecular formula is C17H20N4O3. The molecule has 1 atom stereocenters. The molecule has 0 bridgehead atoms. The third-order valence-corrected chi connectivity index (χ3v) is 3.74. The molecule has 126 valence electrons. The van der Waals surface area contributed by atoms with Crippen molar-refractivity contribution in [2.24, 2.45) is 7.05 Å². The summed E-state index contributed by atoms with van der Waals surface area (Å²) in [5.41, 5.74) is 1.85. The largest absolute Gasteiger partial charge is 0.497 e. The molecular weight excluding hydrogens is 308 g/mol. The van der Waals surface area contributed by atoms with Crippen molar-refractivity contribution in [1.82, 2.24) is 20.1 Å². The lowest BCUT2D eigenvalue weighted by atomic mass is 10.2. The fourth-order valence-electron chi connectivity index (χ4n) is 2.40. The normalized spacial score (nSPS) is 12.3. The molecule has 0 aliphatic heterocycles. The average molecular weight is 328 g/mol. The molecule has 0 amide bonds.